The van der Waals surface area contributed by atoms with E-state index < -0.39 is 17.6 Å². The van der Waals surface area contributed by atoms with Crippen molar-refractivity contribution in [1.82, 2.24) is 16.0 Å². The monoisotopic (exact) mass is 353 g/mol. The Morgan fingerprint density at radius 2 is 1.31 bits per heavy atom. The third-order valence-corrected chi connectivity index (χ3v) is 3.80. The Labute approximate surface area is 155 Å². The summed E-state index contributed by atoms with van der Waals surface area (Å²) in [5, 5.41) is 8.44. The largest absolute Gasteiger partial charge is 0.333 e. The van der Waals surface area contributed by atoms with Gasteiger partial charge in [-0.15, -0.1) is 0 Å². The van der Waals surface area contributed by atoms with Crippen LogP contribution in [0.1, 0.15) is 44.9 Å². The predicted molar refractivity (Wildman–Crippen MR) is 104 cm³/mol. The Morgan fingerprint density at radius 1 is 0.846 bits per heavy atom. The molecule has 0 aromatic heterocycles. The van der Waals surface area contributed by atoms with Crippen LogP contribution >= 0.6 is 0 Å². The summed E-state index contributed by atoms with van der Waals surface area (Å²) < 4.78 is 0. The minimum atomic E-state index is -0.550. The SMILES string of the molecule is CC(NC(c1ccccc1)c1ccccc1)C(=O)NC(=O)NC(C)(C)C. The van der Waals surface area contributed by atoms with Crippen molar-refractivity contribution in [2.24, 2.45) is 0 Å². The maximum Gasteiger partial charge on any atom is 0.321 e. The van der Waals surface area contributed by atoms with Gasteiger partial charge in [0.1, 0.15) is 0 Å². The van der Waals surface area contributed by atoms with E-state index in [-0.39, 0.29) is 11.9 Å². The molecule has 3 N–H and O–H groups in total. The van der Waals surface area contributed by atoms with Crippen molar-refractivity contribution < 1.29 is 9.59 Å². The molecule has 3 amide bonds. The Hall–Kier alpha value is -2.66. The summed E-state index contributed by atoms with van der Waals surface area (Å²) in [5.74, 6) is -0.372. The zero-order valence-corrected chi connectivity index (χ0v) is 15.7. The van der Waals surface area contributed by atoms with E-state index in [4.69, 9.17) is 0 Å². The van der Waals surface area contributed by atoms with Gasteiger partial charge in [-0.3, -0.25) is 15.4 Å². The van der Waals surface area contributed by atoms with E-state index >= 15 is 0 Å². The van der Waals surface area contributed by atoms with E-state index in [1.165, 1.54) is 0 Å². The Bertz CT molecular complexity index is 684. The molecule has 0 fully saturated rings. The number of hydrogen-bond acceptors (Lipinski definition) is 3. The van der Waals surface area contributed by atoms with E-state index in [0.29, 0.717) is 0 Å². The number of rotatable bonds is 5. The highest BCUT2D eigenvalue weighted by Crippen LogP contribution is 2.22. The molecule has 2 aromatic carbocycles. The summed E-state index contributed by atoms with van der Waals surface area (Å²) in [6.45, 7) is 7.33. The molecule has 2 rings (SSSR count). The van der Waals surface area contributed by atoms with Crippen LogP contribution in [0.25, 0.3) is 0 Å². The molecule has 0 saturated heterocycles. The average molecular weight is 353 g/mol. The van der Waals surface area contributed by atoms with E-state index in [0.717, 1.165) is 11.1 Å². The topological polar surface area (TPSA) is 70.2 Å². The molecule has 0 aliphatic carbocycles. The molecule has 138 valence electrons. The fourth-order valence-corrected chi connectivity index (χ4v) is 2.59. The van der Waals surface area contributed by atoms with Gasteiger partial charge in [-0.25, -0.2) is 4.79 Å². The minimum absolute atomic E-state index is 0.149. The van der Waals surface area contributed by atoms with Gasteiger partial charge in [0.2, 0.25) is 5.91 Å². The van der Waals surface area contributed by atoms with Gasteiger partial charge < -0.3 is 5.32 Å². The molecule has 5 nitrogen and oxygen atoms in total. The molecule has 0 bridgehead atoms. The lowest BCUT2D eigenvalue weighted by atomic mass is 9.98. The molecule has 0 heterocycles. The maximum absolute atomic E-state index is 12.4. The Balaban J connectivity index is 2.10. The van der Waals surface area contributed by atoms with Gasteiger partial charge in [-0.2, -0.15) is 0 Å². The first kappa shape index (κ1) is 19.7. The van der Waals surface area contributed by atoms with Crippen molar-refractivity contribution in [2.45, 2.75) is 45.3 Å². The lowest BCUT2D eigenvalue weighted by Crippen LogP contribution is -2.52. The first-order chi connectivity index (χ1) is 12.3. The first-order valence-electron chi connectivity index (χ1n) is 8.75. The number of urea groups is 1. The van der Waals surface area contributed by atoms with E-state index in [1.54, 1.807) is 6.92 Å². The highest BCUT2D eigenvalue weighted by atomic mass is 16.2. The van der Waals surface area contributed by atoms with Crippen molar-refractivity contribution in [1.29, 1.82) is 0 Å². The molecule has 0 radical (unpaired) electrons. The summed E-state index contributed by atoms with van der Waals surface area (Å²) in [4.78, 5) is 24.3. The van der Waals surface area contributed by atoms with Crippen molar-refractivity contribution >= 4 is 11.9 Å². The van der Waals surface area contributed by atoms with Gasteiger partial charge in [0.15, 0.2) is 0 Å². The predicted octanol–water partition coefficient (Wildman–Crippen LogP) is 3.38. The molecule has 0 saturated carbocycles. The third kappa shape index (κ3) is 6.01. The maximum atomic E-state index is 12.4. The molecule has 26 heavy (non-hydrogen) atoms. The summed E-state index contributed by atoms with van der Waals surface area (Å²) in [5.41, 5.74) is 1.70. The second kappa shape index (κ2) is 8.63. The summed E-state index contributed by atoms with van der Waals surface area (Å²) in [7, 11) is 0. The molecule has 1 unspecified atom stereocenters. The van der Waals surface area contributed by atoms with Crippen molar-refractivity contribution in [3.05, 3.63) is 71.8 Å². The quantitative estimate of drug-likeness (QED) is 0.772. The molecule has 5 heteroatoms. The summed E-state index contributed by atoms with van der Waals surface area (Å²) >= 11 is 0. The van der Waals surface area contributed by atoms with Gasteiger partial charge in [-0.05, 0) is 38.8 Å². The van der Waals surface area contributed by atoms with Crippen LogP contribution < -0.4 is 16.0 Å². The van der Waals surface area contributed by atoms with Crippen LogP contribution in [0.15, 0.2) is 60.7 Å². The van der Waals surface area contributed by atoms with E-state index in [2.05, 4.69) is 16.0 Å². The van der Waals surface area contributed by atoms with Crippen LogP contribution in [0.5, 0.6) is 0 Å². The Kier molecular flexibility index (Phi) is 6.52. The van der Waals surface area contributed by atoms with Crippen molar-refractivity contribution in [2.75, 3.05) is 0 Å². The molecule has 0 aliphatic rings. The highest BCUT2D eigenvalue weighted by Gasteiger charge is 2.23. The van der Waals surface area contributed by atoms with Crippen LogP contribution in [0.4, 0.5) is 4.79 Å². The average Bonchev–Trinajstić information content (AvgIpc) is 2.59. The summed E-state index contributed by atoms with van der Waals surface area (Å²) in [6, 6.07) is 18.7. The van der Waals surface area contributed by atoms with Gasteiger partial charge in [-0.1, -0.05) is 60.7 Å². The normalized spacial score (nSPS) is 12.5. The zero-order valence-electron chi connectivity index (χ0n) is 15.7. The van der Waals surface area contributed by atoms with Crippen LogP contribution in [0, 0.1) is 0 Å². The first-order valence-corrected chi connectivity index (χ1v) is 8.75. The molecular formula is C21H27N3O2. The fourth-order valence-electron chi connectivity index (χ4n) is 2.59. The molecular weight excluding hydrogens is 326 g/mol. The number of hydrogen-bond donors (Lipinski definition) is 3. The Morgan fingerprint density at radius 3 is 1.73 bits per heavy atom. The standard InChI is InChI=1S/C21H27N3O2/c1-15(19(25)23-20(26)24-21(2,3)4)22-18(16-11-7-5-8-12-16)17-13-9-6-10-14-17/h5-15,18,22H,1-4H3,(H2,23,24,25,26). The summed E-state index contributed by atoms with van der Waals surface area (Å²) in [6.07, 6.45) is 0. The van der Waals surface area contributed by atoms with Crippen LogP contribution in [0.2, 0.25) is 0 Å². The third-order valence-electron chi connectivity index (χ3n) is 3.80. The number of amides is 3. The lowest BCUT2D eigenvalue weighted by molar-refractivity contribution is -0.121. The van der Waals surface area contributed by atoms with E-state index in [9.17, 15) is 9.59 Å². The fraction of sp³-hybridized carbons (Fsp3) is 0.333. The molecule has 0 aliphatic heterocycles. The van der Waals surface area contributed by atoms with Crippen LogP contribution in [-0.2, 0) is 4.79 Å². The number of benzene rings is 2. The zero-order chi connectivity index (χ0) is 19.2. The van der Waals surface area contributed by atoms with Gasteiger partial charge >= 0.3 is 6.03 Å². The minimum Gasteiger partial charge on any atom is -0.333 e. The van der Waals surface area contributed by atoms with Crippen molar-refractivity contribution in [3.8, 4) is 0 Å². The van der Waals surface area contributed by atoms with E-state index in [1.807, 2.05) is 81.4 Å². The number of nitrogens with one attached hydrogen (secondary N) is 3. The number of carbonyl (C=O) groups excluding carboxylic acids is 2. The second-order valence-corrected chi connectivity index (χ2v) is 7.34. The highest BCUT2D eigenvalue weighted by molar-refractivity contribution is 5.97. The molecule has 1 atom stereocenters. The molecule has 0 spiro atoms. The second-order valence-electron chi connectivity index (χ2n) is 7.34. The lowest BCUT2D eigenvalue weighted by Gasteiger charge is -2.25. The number of imide groups is 1. The molecule has 2 aromatic rings. The van der Waals surface area contributed by atoms with Crippen LogP contribution in [-0.4, -0.2) is 23.5 Å². The smallest absolute Gasteiger partial charge is 0.321 e. The van der Waals surface area contributed by atoms with Gasteiger partial charge in [0, 0.05) is 5.54 Å². The van der Waals surface area contributed by atoms with Crippen molar-refractivity contribution in [3.63, 3.8) is 0 Å². The van der Waals surface area contributed by atoms with Crippen LogP contribution in [0.3, 0.4) is 0 Å². The number of carbonyl (C=O) groups is 2. The van der Waals surface area contributed by atoms with Gasteiger partial charge in [0.25, 0.3) is 0 Å². The van der Waals surface area contributed by atoms with Gasteiger partial charge in [0.05, 0.1) is 12.1 Å².